The third-order valence-electron chi connectivity index (χ3n) is 6.05. The number of aryl methyl sites for hydroxylation is 3. The molecular formula is C24H23N7O3S. The summed E-state index contributed by atoms with van der Waals surface area (Å²) in [5.74, 6) is -0.265. The SMILES string of the molecule is Cc1ccc(C)c2sc(N(Cc3cccnc3)C(=O)Cn3cnc4c3c(=O)n(C)c(=O)n4C)nc12. The van der Waals surface area contributed by atoms with Crippen LogP contribution in [0.4, 0.5) is 5.13 Å². The van der Waals surface area contributed by atoms with Gasteiger partial charge in [0.25, 0.3) is 5.56 Å². The molecule has 4 aromatic heterocycles. The van der Waals surface area contributed by atoms with Crippen molar-refractivity contribution in [1.82, 2.24) is 28.7 Å². The Morgan fingerprint density at radius 1 is 1.09 bits per heavy atom. The predicted octanol–water partition coefficient (Wildman–Crippen LogP) is 2.29. The fourth-order valence-corrected chi connectivity index (χ4v) is 5.18. The molecule has 5 aromatic rings. The van der Waals surface area contributed by atoms with Gasteiger partial charge in [0.2, 0.25) is 5.91 Å². The number of pyridine rings is 1. The fourth-order valence-electron chi connectivity index (χ4n) is 4.05. The van der Waals surface area contributed by atoms with Gasteiger partial charge in [-0.1, -0.05) is 29.5 Å². The van der Waals surface area contributed by atoms with Gasteiger partial charge in [-0.15, -0.1) is 0 Å². The van der Waals surface area contributed by atoms with Crippen molar-refractivity contribution < 1.29 is 4.79 Å². The Bertz CT molecular complexity index is 1670. The van der Waals surface area contributed by atoms with E-state index in [9.17, 15) is 14.4 Å². The van der Waals surface area contributed by atoms with Gasteiger partial charge in [-0.3, -0.25) is 28.6 Å². The minimum absolute atomic E-state index is 0.141. The molecule has 4 heterocycles. The summed E-state index contributed by atoms with van der Waals surface area (Å²) in [6.45, 7) is 4.15. The maximum absolute atomic E-state index is 13.7. The Hall–Kier alpha value is -4.12. The summed E-state index contributed by atoms with van der Waals surface area (Å²) in [5, 5.41) is 0.566. The molecule has 0 spiro atoms. The number of anilines is 1. The average molecular weight is 490 g/mol. The van der Waals surface area contributed by atoms with E-state index in [0.717, 1.165) is 31.5 Å². The summed E-state index contributed by atoms with van der Waals surface area (Å²) in [6, 6.07) is 7.78. The van der Waals surface area contributed by atoms with Gasteiger partial charge in [0.1, 0.15) is 6.54 Å². The highest BCUT2D eigenvalue weighted by molar-refractivity contribution is 7.22. The van der Waals surface area contributed by atoms with E-state index >= 15 is 0 Å². The fraction of sp³-hybridized carbons (Fsp3) is 0.250. The first-order valence-corrected chi connectivity index (χ1v) is 11.7. The van der Waals surface area contributed by atoms with Gasteiger partial charge in [0, 0.05) is 26.5 Å². The first-order chi connectivity index (χ1) is 16.8. The summed E-state index contributed by atoms with van der Waals surface area (Å²) >= 11 is 1.46. The van der Waals surface area contributed by atoms with Crippen LogP contribution in [0.3, 0.4) is 0 Å². The number of hydrogen-bond acceptors (Lipinski definition) is 7. The molecule has 0 aliphatic rings. The van der Waals surface area contributed by atoms with E-state index < -0.39 is 11.2 Å². The molecule has 1 amide bonds. The molecule has 1 aromatic carbocycles. The normalized spacial score (nSPS) is 11.4. The summed E-state index contributed by atoms with van der Waals surface area (Å²) in [7, 11) is 2.95. The highest BCUT2D eigenvalue weighted by Gasteiger charge is 2.24. The number of thiazole rings is 1. The topological polar surface area (TPSA) is 108 Å². The first-order valence-electron chi connectivity index (χ1n) is 10.9. The molecule has 10 nitrogen and oxygen atoms in total. The third-order valence-corrected chi connectivity index (χ3v) is 7.26. The van der Waals surface area contributed by atoms with Crippen LogP contribution in [0, 0.1) is 13.8 Å². The molecular weight excluding hydrogens is 466 g/mol. The van der Waals surface area contributed by atoms with Crippen molar-refractivity contribution in [1.29, 1.82) is 0 Å². The number of benzene rings is 1. The molecule has 0 atom stereocenters. The Kier molecular flexibility index (Phi) is 5.56. The van der Waals surface area contributed by atoms with Crippen LogP contribution < -0.4 is 16.1 Å². The molecule has 0 aliphatic carbocycles. The molecule has 5 rings (SSSR count). The van der Waals surface area contributed by atoms with E-state index in [1.807, 2.05) is 38.1 Å². The van der Waals surface area contributed by atoms with Crippen molar-refractivity contribution in [2.75, 3.05) is 4.90 Å². The molecule has 0 saturated carbocycles. The zero-order valence-corrected chi connectivity index (χ0v) is 20.5. The second-order valence-electron chi connectivity index (χ2n) is 8.47. The van der Waals surface area contributed by atoms with Gasteiger partial charge in [-0.05, 0) is 36.6 Å². The highest BCUT2D eigenvalue weighted by Crippen LogP contribution is 2.34. The first kappa shape index (κ1) is 22.7. The van der Waals surface area contributed by atoms with E-state index in [0.29, 0.717) is 5.13 Å². The number of carbonyl (C=O) groups excluding carboxylic acids is 1. The maximum Gasteiger partial charge on any atom is 0.332 e. The van der Waals surface area contributed by atoms with E-state index in [1.165, 1.54) is 33.8 Å². The lowest BCUT2D eigenvalue weighted by atomic mass is 10.1. The lowest BCUT2D eigenvalue weighted by molar-refractivity contribution is -0.119. The number of imidazole rings is 1. The van der Waals surface area contributed by atoms with Gasteiger partial charge in [-0.25, -0.2) is 14.8 Å². The standard InChI is InChI=1S/C24H23N7O3S/c1-14-7-8-15(2)20-18(14)27-23(35-20)31(11-16-6-5-9-25-10-16)17(32)12-30-13-26-21-19(30)22(33)29(4)24(34)28(21)3/h5-10,13H,11-12H2,1-4H3. The van der Waals surface area contributed by atoms with Crippen LogP contribution in [0.1, 0.15) is 16.7 Å². The number of aromatic nitrogens is 6. The minimum Gasteiger partial charge on any atom is -0.315 e. The van der Waals surface area contributed by atoms with Crippen molar-refractivity contribution in [2.45, 2.75) is 26.9 Å². The molecule has 0 fully saturated rings. The lowest BCUT2D eigenvalue weighted by Crippen LogP contribution is -2.38. The Morgan fingerprint density at radius 2 is 1.86 bits per heavy atom. The van der Waals surface area contributed by atoms with Crippen LogP contribution in [0.25, 0.3) is 21.4 Å². The number of rotatable bonds is 5. The highest BCUT2D eigenvalue weighted by atomic mass is 32.1. The molecule has 0 unspecified atom stereocenters. The van der Waals surface area contributed by atoms with Crippen molar-refractivity contribution in [2.24, 2.45) is 14.1 Å². The predicted molar refractivity (Wildman–Crippen MR) is 135 cm³/mol. The van der Waals surface area contributed by atoms with Crippen LogP contribution in [0.2, 0.25) is 0 Å². The molecule has 11 heteroatoms. The average Bonchev–Trinajstić information content (AvgIpc) is 3.49. The number of carbonyl (C=O) groups is 1. The zero-order valence-electron chi connectivity index (χ0n) is 19.7. The van der Waals surface area contributed by atoms with Crippen LogP contribution in [-0.2, 0) is 32.0 Å². The molecule has 178 valence electrons. The van der Waals surface area contributed by atoms with Gasteiger partial charge >= 0.3 is 5.69 Å². The second-order valence-corrected chi connectivity index (χ2v) is 9.44. The monoisotopic (exact) mass is 489 g/mol. The molecule has 0 aliphatic heterocycles. The zero-order chi connectivity index (χ0) is 24.9. The quantitative estimate of drug-likeness (QED) is 0.375. The summed E-state index contributed by atoms with van der Waals surface area (Å²) in [6.07, 6.45) is 4.80. The van der Waals surface area contributed by atoms with E-state index in [1.54, 1.807) is 24.3 Å². The van der Waals surface area contributed by atoms with Crippen molar-refractivity contribution >= 4 is 43.8 Å². The van der Waals surface area contributed by atoms with E-state index in [4.69, 9.17) is 4.98 Å². The number of amides is 1. The largest absolute Gasteiger partial charge is 0.332 e. The van der Waals surface area contributed by atoms with Gasteiger partial charge in [0.05, 0.1) is 23.1 Å². The van der Waals surface area contributed by atoms with Crippen molar-refractivity contribution in [3.8, 4) is 0 Å². The molecule has 0 radical (unpaired) electrons. The van der Waals surface area contributed by atoms with Gasteiger partial charge < -0.3 is 4.57 Å². The number of fused-ring (bicyclic) bond motifs is 2. The number of hydrogen-bond donors (Lipinski definition) is 0. The minimum atomic E-state index is -0.501. The molecule has 35 heavy (non-hydrogen) atoms. The van der Waals surface area contributed by atoms with Crippen molar-refractivity contribution in [3.63, 3.8) is 0 Å². The Labute approximate surface area is 203 Å². The van der Waals surface area contributed by atoms with Crippen molar-refractivity contribution in [3.05, 3.63) is 80.5 Å². The Balaban J connectivity index is 1.59. The van der Waals surface area contributed by atoms with E-state index in [-0.39, 0.29) is 30.2 Å². The summed E-state index contributed by atoms with van der Waals surface area (Å²) in [5.41, 5.74) is 3.29. The van der Waals surface area contributed by atoms with Crippen LogP contribution >= 0.6 is 11.3 Å². The number of nitrogens with zero attached hydrogens (tertiary/aromatic N) is 7. The molecule has 0 bridgehead atoms. The van der Waals surface area contributed by atoms with Crippen LogP contribution in [0.15, 0.2) is 52.6 Å². The third kappa shape index (κ3) is 3.83. The molecule has 0 N–H and O–H groups in total. The van der Waals surface area contributed by atoms with E-state index in [2.05, 4.69) is 9.97 Å². The van der Waals surface area contributed by atoms with Gasteiger partial charge in [0.15, 0.2) is 16.3 Å². The Morgan fingerprint density at radius 3 is 2.57 bits per heavy atom. The maximum atomic E-state index is 13.7. The summed E-state index contributed by atoms with van der Waals surface area (Å²) < 4.78 is 4.82. The lowest BCUT2D eigenvalue weighted by Gasteiger charge is -2.20. The smallest absolute Gasteiger partial charge is 0.315 e. The van der Waals surface area contributed by atoms with Gasteiger partial charge in [-0.2, -0.15) is 0 Å². The second kappa shape index (κ2) is 8.58. The summed E-state index contributed by atoms with van der Waals surface area (Å²) in [4.78, 5) is 53.6. The van der Waals surface area contributed by atoms with Crippen LogP contribution in [-0.4, -0.2) is 34.6 Å². The molecule has 0 saturated heterocycles. The van der Waals surface area contributed by atoms with Crippen LogP contribution in [0.5, 0.6) is 0 Å².